The molecule has 0 unspecified atom stereocenters. The Bertz CT molecular complexity index is 112. The third kappa shape index (κ3) is 2.25. The van der Waals surface area contributed by atoms with Crippen LogP contribution in [0.1, 0.15) is 5.76 Å². The van der Waals surface area contributed by atoms with Crippen molar-refractivity contribution in [1.82, 2.24) is 0 Å². The Morgan fingerprint density at radius 3 is 2.57 bits per heavy atom. The maximum absolute atomic E-state index is 4.78. The smallest absolute Gasteiger partial charge is 0 e. The van der Waals surface area contributed by atoms with Gasteiger partial charge in [0.2, 0.25) is 0 Å². The molecule has 7 heavy (non-hydrogen) atoms. The van der Waals surface area contributed by atoms with Gasteiger partial charge >= 0.3 is 0 Å². The number of aryl methyl sites for hydroxylation is 1. The first-order chi connectivity index (χ1) is 2.89. The van der Waals surface area contributed by atoms with Gasteiger partial charge in [0, 0.05) is 32.7 Å². The van der Waals surface area contributed by atoms with Gasteiger partial charge < -0.3 is 4.42 Å². The summed E-state index contributed by atoms with van der Waals surface area (Å²) in [5.41, 5.74) is 0. The third-order valence-corrected chi connectivity index (χ3v) is 0.599. The molecule has 0 amide bonds. The molecule has 1 aromatic rings. The summed E-state index contributed by atoms with van der Waals surface area (Å²) in [6.45, 7) is 1.86. The van der Waals surface area contributed by atoms with Crippen molar-refractivity contribution < 1.29 is 37.1 Å². The molecule has 0 atom stereocenters. The molecular formula is C5H5OY-. The second-order valence-electron chi connectivity index (χ2n) is 1.12. The molecule has 0 saturated carbocycles. The van der Waals surface area contributed by atoms with Crippen LogP contribution in [0.3, 0.4) is 0 Å². The maximum atomic E-state index is 4.78. The van der Waals surface area contributed by atoms with Crippen molar-refractivity contribution in [1.29, 1.82) is 0 Å². The summed E-state index contributed by atoms with van der Waals surface area (Å²) < 4.78 is 4.78. The molecule has 1 heterocycles. The topological polar surface area (TPSA) is 13.1 Å². The zero-order valence-electron chi connectivity index (χ0n) is 4.14. The Hall–Kier alpha value is 0.384. The summed E-state index contributed by atoms with van der Waals surface area (Å²) in [4.78, 5) is 0. The van der Waals surface area contributed by atoms with Crippen molar-refractivity contribution in [2.75, 3.05) is 0 Å². The van der Waals surface area contributed by atoms with E-state index in [4.69, 9.17) is 4.42 Å². The predicted octanol–water partition coefficient (Wildman–Crippen LogP) is 1.39. The van der Waals surface area contributed by atoms with Crippen LogP contribution in [-0.4, -0.2) is 0 Å². The van der Waals surface area contributed by atoms with Gasteiger partial charge in [-0.25, -0.2) is 6.07 Å². The van der Waals surface area contributed by atoms with Crippen LogP contribution in [0.15, 0.2) is 16.7 Å². The minimum atomic E-state index is 0. The van der Waals surface area contributed by atoms with Crippen LogP contribution in [0, 0.1) is 13.0 Å². The van der Waals surface area contributed by atoms with E-state index in [0.717, 1.165) is 5.76 Å². The summed E-state index contributed by atoms with van der Waals surface area (Å²) in [6, 6.07) is 4.58. The second kappa shape index (κ2) is 3.39. The van der Waals surface area contributed by atoms with Gasteiger partial charge in [-0.3, -0.25) is 0 Å². The van der Waals surface area contributed by atoms with Gasteiger partial charge in [-0.15, -0.1) is 0 Å². The molecule has 0 spiro atoms. The largest absolute Gasteiger partial charge is 0.573 e. The van der Waals surface area contributed by atoms with E-state index in [-0.39, 0.29) is 32.7 Å². The minimum absolute atomic E-state index is 0. The van der Waals surface area contributed by atoms with Gasteiger partial charge in [-0.1, -0.05) is 6.26 Å². The number of furan rings is 1. The van der Waals surface area contributed by atoms with Crippen LogP contribution in [0.2, 0.25) is 0 Å². The molecule has 0 aromatic carbocycles. The normalized spacial score (nSPS) is 7.57. The predicted molar refractivity (Wildman–Crippen MR) is 22.3 cm³/mol. The van der Waals surface area contributed by atoms with E-state index in [9.17, 15) is 0 Å². The van der Waals surface area contributed by atoms with Crippen LogP contribution in [0.5, 0.6) is 0 Å². The molecule has 1 nitrogen and oxygen atoms in total. The van der Waals surface area contributed by atoms with Crippen LogP contribution >= 0.6 is 0 Å². The summed E-state index contributed by atoms with van der Waals surface area (Å²) in [5.74, 6) is 0.843. The van der Waals surface area contributed by atoms with Gasteiger partial charge in [-0.05, 0) is 12.7 Å². The molecule has 0 aliphatic heterocycles. The molecule has 35 valence electrons. The first-order valence-electron chi connectivity index (χ1n) is 1.81. The fourth-order valence-corrected chi connectivity index (χ4v) is 0.321. The number of rotatable bonds is 0. The van der Waals surface area contributed by atoms with Crippen LogP contribution in [0.25, 0.3) is 0 Å². The summed E-state index contributed by atoms with van der Waals surface area (Å²) in [6.07, 6.45) is 1.61. The zero-order chi connectivity index (χ0) is 4.41. The molecule has 0 fully saturated rings. The first kappa shape index (κ1) is 7.38. The van der Waals surface area contributed by atoms with Crippen LogP contribution < -0.4 is 0 Å². The van der Waals surface area contributed by atoms with E-state index in [1.165, 1.54) is 0 Å². The van der Waals surface area contributed by atoms with Gasteiger partial charge in [0.25, 0.3) is 0 Å². The Labute approximate surface area is 68.0 Å². The average molecular weight is 170 g/mol. The second-order valence-corrected chi connectivity index (χ2v) is 1.12. The van der Waals surface area contributed by atoms with E-state index >= 15 is 0 Å². The molecular weight excluding hydrogens is 165 g/mol. The van der Waals surface area contributed by atoms with Crippen LogP contribution in [-0.2, 0) is 32.7 Å². The van der Waals surface area contributed by atoms with Crippen molar-refractivity contribution in [3.63, 3.8) is 0 Å². The monoisotopic (exact) mass is 170 g/mol. The Balaban J connectivity index is 0.000000360. The van der Waals surface area contributed by atoms with Gasteiger partial charge in [0.05, 0.1) is 0 Å². The number of hydrogen-bond donors (Lipinski definition) is 0. The average Bonchev–Trinajstić information content (AvgIpc) is 1.86. The fourth-order valence-electron chi connectivity index (χ4n) is 0.321. The maximum Gasteiger partial charge on any atom is 0 e. The molecule has 0 bridgehead atoms. The summed E-state index contributed by atoms with van der Waals surface area (Å²) in [7, 11) is 0. The first-order valence-corrected chi connectivity index (χ1v) is 1.81. The standard InChI is InChI=1S/C5H5O.Y/c1-5-3-2-4-6-5;/h2,4H,1H3;/q-1;. The van der Waals surface area contributed by atoms with Gasteiger partial charge in [-0.2, -0.15) is 6.07 Å². The fraction of sp³-hybridized carbons (Fsp3) is 0.200. The SMILES string of the molecule is Cc1[c-]cco1.[Y]. The molecule has 0 N–H and O–H groups in total. The van der Waals surface area contributed by atoms with E-state index in [2.05, 4.69) is 6.07 Å². The van der Waals surface area contributed by atoms with E-state index in [0.29, 0.717) is 0 Å². The molecule has 1 aromatic heterocycles. The molecule has 0 aliphatic carbocycles. The molecule has 1 radical (unpaired) electrons. The van der Waals surface area contributed by atoms with Crippen molar-refractivity contribution in [3.05, 3.63) is 24.2 Å². The zero-order valence-corrected chi connectivity index (χ0v) is 6.98. The molecule has 0 aliphatic rings. The Morgan fingerprint density at radius 1 is 1.71 bits per heavy atom. The molecule has 2 heteroatoms. The van der Waals surface area contributed by atoms with Gasteiger partial charge in [0.1, 0.15) is 0 Å². The summed E-state index contributed by atoms with van der Waals surface area (Å²) >= 11 is 0. The van der Waals surface area contributed by atoms with Crippen molar-refractivity contribution in [2.45, 2.75) is 6.92 Å². The van der Waals surface area contributed by atoms with Crippen molar-refractivity contribution in [2.24, 2.45) is 0 Å². The van der Waals surface area contributed by atoms with Crippen LogP contribution in [0.4, 0.5) is 0 Å². The number of hydrogen-bond acceptors (Lipinski definition) is 1. The third-order valence-electron chi connectivity index (χ3n) is 0.599. The molecule has 1 rings (SSSR count). The molecule has 0 saturated heterocycles. The minimum Gasteiger partial charge on any atom is -0.573 e. The van der Waals surface area contributed by atoms with E-state index < -0.39 is 0 Å². The summed E-state index contributed by atoms with van der Waals surface area (Å²) in [5, 5.41) is 0. The van der Waals surface area contributed by atoms with Gasteiger partial charge in [0.15, 0.2) is 0 Å². The van der Waals surface area contributed by atoms with E-state index in [1.807, 2.05) is 6.92 Å². The quantitative estimate of drug-likeness (QED) is 0.536. The van der Waals surface area contributed by atoms with E-state index in [1.54, 1.807) is 12.3 Å². The Kier molecular flexibility index (Phi) is 3.58. The van der Waals surface area contributed by atoms with Crippen molar-refractivity contribution in [3.8, 4) is 0 Å². The van der Waals surface area contributed by atoms with Crippen molar-refractivity contribution >= 4 is 0 Å². The Morgan fingerprint density at radius 2 is 2.43 bits per heavy atom.